The summed E-state index contributed by atoms with van der Waals surface area (Å²) in [5, 5.41) is 1.17. The number of nitrogens with zero attached hydrogens (tertiary/aromatic N) is 1. The minimum atomic E-state index is 0.977. The van der Waals surface area contributed by atoms with Gasteiger partial charge in [-0.2, -0.15) is 0 Å². The molecule has 0 radical (unpaired) electrons. The van der Waals surface area contributed by atoms with Gasteiger partial charge in [-0.05, 0) is 42.2 Å². The highest BCUT2D eigenvalue weighted by molar-refractivity contribution is 5.84. The van der Waals surface area contributed by atoms with E-state index in [9.17, 15) is 0 Å². The van der Waals surface area contributed by atoms with E-state index in [1.54, 1.807) is 0 Å². The highest BCUT2D eigenvalue weighted by Crippen LogP contribution is 2.40. The van der Waals surface area contributed by atoms with E-state index in [4.69, 9.17) is 9.72 Å². The van der Waals surface area contributed by atoms with E-state index in [2.05, 4.69) is 48.5 Å². The van der Waals surface area contributed by atoms with Gasteiger partial charge in [-0.15, -0.1) is 0 Å². The Labute approximate surface area is 141 Å². The number of benzene rings is 2. The molecule has 2 aliphatic rings. The molecule has 5 rings (SSSR count). The third-order valence-corrected chi connectivity index (χ3v) is 4.82. The summed E-state index contributed by atoms with van der Waals surface area (Å²) in [5.74, 6) is 1.99. The first-order valence-corrected chi connectivity index (χ1v) is 8.43. The molecular weight excluding hydrogens is 294 g/mol. The van der Waals surface area contributed by atoms with E-state index in [0.29, 0.717) is 0 Å². The average molecular weight is 311 g/mol. The van der Waals surface area contributed by atoms with Crippen LogP contribution in [0.1, 0.15) is 24.1 Å². The summed E-state index contributed by atoms with van der Waals surface area (Å²) in [7, 11) is 0. The topological polar surface area (TPSA) is 22.1 Å². The fourth-order valence-electron chi connectivity index (χ4n) is 3.61. The van der Waals surface area contributed by atoms with Crippen molar-refractivity contribution >= 4 is 16.5 Å². The molecule has 1 aliphatic carbocycles. The summed E-state index contributed by atoms with van der Waals surface area (Å²) in [6.07, 6.45) is 5.37. The van der Waals surface area contributed by atoms with Crippen LogP contribution in [0, 0.1) is 0 Å². The van der Waals surface area contributed by atoms with Crippen molar-refractivity contribution in [2.45, 2.75) is 19.3 Å². The summed E-state index contributed by atoms with van der Waals surface area (Å²) in [6.45, 7) is 0. The molecule has 0 saturated heterocycles. The first kappa shape index (κ1) is 13.6. The second-order valence-corrected chi connectivity index (χ2v) is 6.36. The van der Waals surface area contributed by atoms with Gasteiger partial charge in [0.25, 0.3) is 0 Å². The highest BCUT2D eigenvalue weighted by atomic mass is 16.5. The maximum atomic E-state index is 6.29. The molecule has 2 nitrogen and oxygen atoms in total. The van der Waals surface area contributed by atoms with Crippen molar-refractivity contribution in [1.82, 2.24) is 4.98 Å². The molecule has 0 fully saturated rings. The third kappa shape index (κ3) is 2.15. The highest BCUT2D eigenvalue weighted by Gasteiger charge is 2.25. The summed E-state index contributed by atoms with van der Waals surface area (Å²) in [4.78, 5) is 4.86. The second-order valence-electron chi connectivity index (χ2n) is 6.36. The predicted octanol–water partition coefficient (Wildman–Crippen LogP) is 5.30. The number of rotatable bonds is 1. The van der Waals surface area contributed by atoms with Crippen molar-refractivity contribution in [3.63, 3.8) is 0 Å². The number of fused-ring (bicyclic) bond motifs is 2. The molecule has 0 unspecified atom stereocenters. The molecular formula is C22H17NO. The van der Waals surface area contributed by atoms with Crippen molar-refractivity contribution in [3.05, 3.63) is 89.3 Å². The first-order valence-electron chi connectivity index (χ1n) is 8.43. The summed E-state index contributed by atoms with van der Waals surface area (Å²) in [5.41, 5.74) is 5.83. The number of aromatic nitrogens is 1. The molecule has 3 aromatic rings. The lowest BCUT2D eigenvalue weighted by atomic mass is 9.89. The zero-order valence-electron chi connectivity index (χ0n) is 13.3. The standard InChI is InChI=1S/C22H17NO/c1-3-10-19-15(6-1)12-13-20(23-19)18-9-5-8-17-14-16-7-2-4-11-21(16)24-22(17)18/h1-4,6-7,9-13H,5,8,14H2. The number of hydrogen-bond donors (Lipinski definition) is 0. The van der Waals surface area contributed by atoms with Crippen LogP contribution in [0.15, 0.2) is 78.1 Å². The van der Waals surface area contributed by atoms with Gasteiger partial charge in [0, 0.05) is 17.4 Å². The van der Waals surface area contributed by atoms with E-state index in [0.717, 1.165) is 47.6 Å². The zero-order chi connectivity index (χ0) is 15.9. The number of hydrogen-bond acceptors (Lipinski definition) is 2. The first-order chi connectivity index (χ1) is 11.9. The minimum Gasteiger partial charge on any atom is -0.456 e. The van der Waals surface area contributed by atoms with Gasteiger partial charge in [-0.3, -0.25) is 0 Å². The smallest absolute Gasteiger partial charge is 0.136 e. The summed E-state index contributed by atoms with van der Waals surface area (Å²) < 4.78 is 6.29. The SMILES string of the molecule is C1=C(c2ccc3ccccc3n2)C2=C(CC1)Cc1ccccc1O2. The molecule has 2 heterocycles. The van der Waals surface area contributed by atoms with Gasteiger partial charge in [-0.25, -0.2) is 4.98 Å². The molecule has 116 valence electrons. The fraction of sp³-hybridized carbons (Fsp3) is 0.136. The third-order valence-electron chi connectivity index (χ3n) is 4.82. The van der Waals surface area contributed by atoms with Crippen LogP contribution in [-0.4, -0.2) is 4.98 Å². The summed E-state index contributed by atoms with van der Waals surface area (Å²) in [6, 6.07) is 20.8. The number of para-hydroxylation sites is 2. The van der Waals surface area contributed by atoms with Crippen LogP contribution in [0.2, 0.25) is 0 Å². The lowest BCUT2D eigenvalue weighted by molar-refractivity contribution is 0.417. The maximum absolute atomic E-state index is 6.29. The van der Waals surface area contributed by atoms with Crippen molar-refractivity contribution < 1.29 is 4.74 Å². The minimum absolute atomic E-state index is 0.977. The quantitative estimate of drug-likeness (QED) is 0.608. The Balaban J connectivity index is 1.60. The Morgan fingerprint density at radius 1 is 0.875 bits per heavy atom. The van der Waals surface area contributed by atoms with E-state index in [-0.39, 0.29) is 0 Å². The Hall–Kier alpha value is -2.87. The van der Waals surface area contributed by atoms with E-state index >= 15 is 0 Å². The van der Waals surface area contributed by atoms with Gasteiger partial charge < -0.3 is 4.74 Å². The molecule has 0 atom stereocenters. The molecule has 0 N–H and O–H groups in total. The molecule has 2 heteroatoms. The zero-order valence-corrected chi connectivity index (χ0v) is 13.3. The lowest BCUT2D eigenvalue weighted by Gasteiger charge is -2.27. The Bertz CT molecular complexity index is 1010. The van der Waals surface area contributed by atoms with Crippen molar-refractivity contribution in [2.24, 2.45) is 0 Å². The number of ether oxygens (including phenoxy) is 1. The van der Waals surface area contributed by atoms with Gasteiger partial charge in [0.15, 0.2) is 0 Å². The van der Waals surface area contributed by atoms with Crippen molar-refractivity contribution in [1.29, 1.82) is 0 Å². The fourth-order valence-corrected chi connectivity index (χ4v) is 3.61. The summed E-state index contributed by atoms with van der Waals surface area (Å²) >= 11 is 0. The molecule has 1 aliphatic heterocycles. The molecule has 2 aromatic carbocycles. The van der Waals surface area contributed by atoms with Crippen LogP contribution in [0.4, 0.5) is 0 Å². The van der Waals surface area contributed by atoms with E-state index < -0.39 is 0 Å². The van der Waals surface area contributed by atoms with Gasteiger partial charge in [0.2, 0.25) is 0 Å². The van der Waals surface area contributed by atoms with E-state index in [1.807, 2.05) is 18.2 Å². The van der Waals surface area contributed by atoms with Gasteiger partial charge >= 0.3 is 0 Å². The van der Waals surface area contributed by atoms with Crippen molar-refractivity contribution in [3.8, 4) is 5.75 Å². The van der Waals surface area contributed by atoms with Crippen LogP contribution < -0.4 is 4.74 Å². The normalized spacial score (nSPS) is 16.2. The van der Waals surface area contributed by atoms with Crippen LogP contribution in [0.3, 0.4) is 0 Å². The molecule has 0 spiro atoms. The molecule has 0 saturated carbocycles. The second kappa shape index (κ2) is 5.34. The Kier molecular flexibility index (Phi) is 3.02. The molecule has 0 amide bonds. The van der Waals surface area contributed by atoms with Gasteiger partial charge in [0.1, 0.15) is 11.5 Å². The van der Waals surface area contributed by atoms with Crippen LogP contribution in [0.25, 0.3) is 16.5 Å². The van der Waals surface area contributed by atoms with Crippen LogP contribution in [0.5, 0.6) is 5.75 Å². The van der Waals surface area contributed by atoms with Crippen LogP contribution >= 0.6 is 0 Å². The molecule has 1 aromatic heterocycles. The monoisotopic (exact) mass is 311 g/mol. The largest absolute Gasteiger partial charge is 0.456 e. The van der Waals surface area contributed by atoms with Gasteiger partial charge in [-0.1, -0.05) is 48.5 Å². The lowest BCUT2D eigenvalue weighted by Crippen LogP contribution is -2.15. The predicted molar refractivity (Wildman–Crippen MR) is 96.8 cm³/mol. The van der Waals surface area contributed by atoms with Crippen LogP contribution in [-0.2, 0) is 6.42 Å². The molecule has 0 bridgehead atoms. The average Bonchev–Trinajstić information content (AvgIpc) is 2.65. The Morgan fingerprint density at radius 2 is 1.75 bits per heavy atom. The number of allylic oxidation sites excluding steroid dienone is 3. The maximum Gasteiger partial charge on any atom is 0.136 e. The Morgan fingerprint density at radius 3 is 2.75 bits per heavy atom. The number of pyridine rings is 1. The van der Waals surface area contributed by atoms with Gasteiger partial charge in [0.05, 0.1) is 11.2 Å². The van der Waals surface area contributed by atoms with Crippen molar-refractivity contribution in [2.75, 3.05) is 0 Å². The van der Waals surface area contributed by atoms with E-state index in [1.165, 1.54) is 16.5 Å². The molecule has 24 heavy (non-hydrogen) atoms.